The molecule has 0 N–H and O–H groups in total. The third-order valence-electron chi connectivity index (χ3n) is 12.0. The zero-order chi connectivity index (χ0) is 43.5. The number of piperazine rings is 2. The minimum absolute atomic E-state index is 0.120. The van der Waals surface area contributed by atoms with Crippen molar-refractivity contribution in [1.82, 2.24) is 29.6 Å². The summed E-state index contributed by atoms with van der Waals surface area (Å²) in [6.07, 6.45) is 12.5. The van der Waals surface area contributed by atoms with Gasteiger partial charge in [0, 0.05) is 104 Å². The summed E-state index contributed by atoms with van der Waals surface area (Å²) in [7, 11) is 3.60. The highest BCUT2D eigenvalue weighted by atomic mass is 16.6. The summed E-state index contributed by atoms with van der Waals surface area (Å²) >= 11 is 0. The van der Waals surface area contributed by atoms with Gasteiger partial charge in [-0.05, 0) is 129 Å². The predicted molar refractivity (Wildman–Crippen MR) is 235 cm³/mol. The largest absolute Gasteiger partial charge is 0.444 e. The molecule has 4 heterocycles. The van der Waals surface area contributed by atoms with Crippen LogP contribution in [0.2, 0.25) is 0 Å². The van der Waals surface area contributed by atoms with Crippen LogP contribution >= 0.6 is 0 Å². The number of amides is 4. The van der Waals surface area contributed by atoms with Gasteiger partial charge in [-0.2, -0.15) is 0 Å². The Labute approximate surface area is 358 Å². The number of carbonyl (C=O) groups is 4. The molecule has 332 valence electrons. The van der Waals surface area contributed by atoms with E-state index in [0.29, 0.717) is 36.7 Å². The Hall–Kier alpha value is -4.62. The Morgan fingerprint density at radius 1 is 0.600 bits per heavy atom. The molecule has 6 rings (SSSR count). The van der Waals surface area contributed by atoms with Gasteiger partial charge in [-0.25, -0.2) is 14.6 Å². The number of aromatic nitrogens is 2. The molecule has 2 aliphatic heterocycles. The monoisotopic (exact) mass is 833 g/mol. The van der Waals surface area contributed by atoms with Gasteiger partial charge in [-0.15, -0.1) is 0 Å². The van der Waals surface area contributed by atoms with E-state index in [2.05, 4.69) is 25.8 Å². The van der Waals surface area contributed by atoms with Crippen LogP contribution in [0.15, 0.2) is 48.9 Å². The standard InChI is InChI=1S/2C23H36N4O3/c1-23(2,3)30-22(29)25(4)17-18-7-9-19(10-8-18)21(28)27-14-12-26(13-15-27)20-6-5-11-24-16-20;1-23(2,3)30-22(29)25(4)17-18-8-10-19(11-9-18)21(28)27-15-13-26(14-16-27)20-7-5-6-12-24-20/h5-6,11,16,18-19H,7-10,12-15,17H2,1-4H3;5-7,12,18-19H,8-11,13-17H2,1-4H3. The molecule has 4 aliphatic rings. The van der Waals surface area contributed by atoms with Crippen molar-refractivity contribution >= 4 is 35.5 Å². The normalized spacial score (nSPS) is 22.5. The molecule has 2 saturated heterocycles. The lowest BCUT2D eigenvalue weighted by Crippen LogP contribution is -2.51. The SMILES string of the molecule is CN(CC1CCC(C(=O)N2CCN(c3ccccn3)CC2)CC1)C(=O)OC(C)(C)C.CN(CC1CCC(C(=O)N2CCN(c3cccnc3)CC2)CC1)C(=O)OC(C)(C)C. The first-order valence-electron chi connectivity index (χ1n) is 22.2. The molecular formula is C46H72N8O6. The van der Waals surface area contributed by atoms with Gasteiger partial charge in [0.2, 0.25) is 11.8 Å². The molecule has 0 radical (unpaired) electrons. The zero-order valence-electron chi connectivity index (χ0n) is 37.7. The van der Waals surface area contributed by atoms with Crippen molar-refractivity contribution in [3.63, 3.8) is 0 Å². The van der Waals surface area contributed by atoms with E-state index in [4.69, 9.17) is 9.47 Å². The first-order valence-corrected chi connectivity index (χ1v) is 22.2. The molecule has 2 aromatic rings. The van der Waals surface area contributed by atoms with Gasteiger partial charge < -0.3 is 38.9 Å². The van der Waals surface area contributed by atoms with E-state index in [1.165, 1.54) is 0 Å². The third kappa shape index (κ3) is 14.2. The number of nitrogens with zero attached hydrogens (tertiary/aromatic N) is 8. The second-order valence-corrected chi connectivity index (χ2v) is 19.2. The van der Waals surface area contributed by atoms with Crippen LogP contribution in [0.1, 0.15) is 92.9 Å². The maximum Gasteiger partial charge on any atom is 0.410 e. The highest BCUT2D eigenvalue weighted by Gasteiger charge is 2.34. The minimum Gasteiger partial charge on any atom is -0.444 e. The van der Waals surface area contributed by atoms with Crippen molar-refractivity contribution in [2.45, 2.75) is 104 Å². The fourth-order valence-corrected chi connectivity index (χ4v) is 8.73. The number of anilines is 2. The first-order chi connectivity index (χ1) is 28.5. The molecule has 2 aromatic heterocycles. The maximum absolute atomic E-state index is 13.0. The number of ether oxygens (including phenoxy) is 2. The van der Waals surface area contributed by atoms with Crippen molar-refractivity contribution in [2.24, 2.45) is 23.7 Å². The molecule has 4 fully saturated rings. The zero-order valence-corrected chi connectivity index (χ0v) is 37.7. The van der Waals surface area contributed by atoms with Crippen molar-refractivity contribution in [3.8, 4) is 0 Å². The van der Waals surface area contributed by atoms with Crippen LogP contribution in [0.25, 0.3) is 0 Å². The van der Waals surface area contributed by atoms with Crippen molar-refractivity contribution in [1.29, 1.82) is 0 Å². The number of carbonyl (C=O) groups excluding carboxylic acids is 4. The summed E-state index contributed by atoms with van der Waals surface area (Å²) in [5.41, 5.74) is 0.172. The van der Waals surface area contributed by atoms with Crippen molar-refractivity contribution in [3.05, 3.63) is 48.9 Å². The van der Waals surface area contributed by atoms with E-state index in [0.717, 1.165) is 115 Å². The smallest absolute Gasteiger partial charge is 0.410 e. The fraction of sp³-hybridized carbons (Fsp3) is 0.696. The number of pyridine rings is 2. The number of rotatable bonds is 8. The Bertz CT molecular complexity index is 1530. The first kappa shape index (κ1) is 46.4. The highest BCUT2D eigenvalue weighted by Crippen LogP contribution is 2.33. The molecule has 60 heavy (non-hydrogen) atoms. The molecule has 0 spiro atoms. The summed E-state index contributed by atoms with van der Waals surface area (Å²) < 4.78 is 10.9. The molecule has 0 unspecified atom stereocenters. The van der Waals surface area contributed by atoms with Gasteiger partial charge >= 0.3 is 12.2 Å². The summed E-state index contributed by atoms with van der Waals surface area (Å²) in [5, 5.41) is 0. The Morgan fingerprint density at radius 2 is 1.05 bits per heavy atom. The summed E-state index contributed by atoms with van der Waals surface area (Å²) in [6.45, 7) is 19.1. The molecule has 14 heteroatoms. The molecule has 0 atom stereocenters. The lowest BCUT2D eigenvalue weighted by Gasteiger charge is -2.39. The molecular weight excluding hydrogens is 761 g/mol. The van der Waals surface area contributed by atoms with E-state index in [9.17, 15) is 19.2 Å². The number of hydrogen-bond acceptors (Lipinski definition) is 10. The Morgan fingerprint density at radius 3 is 1.43 bits per heavy atom. The van der Waals surface area contributed by atoms with Crippen LogP contribution in [0, 0.1) is 23.7 Å². The van der Waals surface area contributed by atoms with Gasteiger partial charge in [0.1, 0.15) is 17.0 Å². The van der Waals surface area contributed by atoms with E-state index in [-0.39, 0.29) is 24.0 Å². The molecule has 0 bridgehead atoms. The third-order valence-corrected chi connectivity index (χ3v) is 12.0. The number of hydrogen-bond donors (Lipinski definition) is 0. The van der Waals surface area contributed by atoms with Gasteiger partial charge in [-0.3, -0.25) is 14.6 Å². The van der Waals surface area contributed by atoms with Crippen LogP contribution < -0.4 is 9.80 Å². The quantitative estimate of drug-likeness (QED) is 0.280. The predicted octanol–water partition coefficient (Wildman–Crippen LogP) is 6.81. The summed E-state index contributed by atoms with van der Waals surface area (Å²) in [6, 6.07) is 9.96. The van der Waals surface area contributed by atoms with Crippen molar-refractivity contribution in [2.75, 3.05) is 89.3 Å². The van der Waals surface area contributed by atoms with Crippen LogP contribution in [-0.4, -0.2) is 144 Å². The average molecular weight is 833 g/mol. The highest BCUT2D eigenvalue weighted by molar-refractivity contribution is 5.80. The van der Waals surface area contributed by atoms with Crippen molar-refractivity contribution < 1.29 is 28.7 Å². The lowest BCUT2D eigenvalue weighted by atomic mass is 9.81. The Balaban J connectivity index is 0.000000228. The summed E-state index contributed by atoms with van der Waals surface area (Å²) in [4.78, 5) is 70.9. The molecule has 0 aromatic carbocycles. The topological polar surface area (TPSA) is 132 Å². The van der Waals surface area contributed by atoms with Gasteiger partial charge in [0.15, 0.2) is 0 Å². The van der Waals surface area contributed by atoms with Gasteiger partial charge in [-0.1, -0.05) is 6.07 Å². The Kier molecular flexibility index (Phi) is 16.5. The summed E-state index contributed by atoms with van der Waals surface area (Å²) in [5.74, 6) is 2.71. The average Bonchev–Trinajstić information content (AvgIpc) is 3.23. The molecule has 2 aliphatic carbocycles. The maximum atomic E-state index is 13.0. The molecule has 2 saturated carbocycles. The fourth-order valence-electron chi connectivity index (χ4n) is 8.73. The van der Waals surface area contributed by atoms with Crippen LogP contribution in [0.3, 0.4) is 0 Å². The van der Waals surface area contributed by atoms with Crippen LogP contribution in [0.5, 0.6) is 0 Å². The van der Waals surface area contributed by atoms with E-state index in [1.807, 2.05) is 88.0 Å². The van der Waals surface area contributed by atoms with Crippen LogP contribution in [0.4, 0.5) is 21.1 Å². The van der Waals surface area contributed by atoms with Crippen LogP contribution in [-0.2, 0) is 19.1 Å². The van der Waals surface area contributed by atoms with E-state index < -0.39 is 11.2 Å². The van der Waals surface area contributed by atoms with E-state index >= 15 is 0 Å². The molecule has 14 nitrogen and oxygen atoms in total. The van der Waals surface area contributed by atoms with E-state index in [1.54, 1.807) is 30.1 Å². The van der Waals surface area contributed by atoms with Gasteiger partial charge in [0.05, 0.1) is 11.9 Å². The minimum atomic E-state index is -0.476. The molecule has 4 amide bonds. The lowest BCUT2D eigenvalue weighted by molar-refractivity contribution is -0.138. The van der Waals surface area contributed by atoms with Gasteiger partial charge in [0.25, 0.3) is 0 Å². The second kappa shape index (κ2) is 21.3. The second-order valence-electron chi connectivity index (χ2n) is 19.2.